The molecule has 0 aromatic heterocycles. The molecular formula is C9H11F. The third-order valence-electron chi connectivity index (χ3n) is 1.62. The minimum atomic E-state index is -0.0347. The van der Waals surface area contributed by atoms with Gasteiger partial charge in [-0.15, -0.1) is 0 Å². The van der Waals surface area contributed by atoms with Crippen LogP contribution in [0.5, 0.6) is 0 Å². The first-order valence-electron chi connectivity index (χ1n) is 3.55. The van der Waals surface area contributed by atoms with Gasteiger partial charge in [0.1, 0.15) is 5.83 Å². The molecule has 0 spiro atoms. The summed E-state index contributed by atoms with van der Waals surface area (Å²) in [6.45, 7) is 1.98. The van der Waals surface area contributed by atoms with E-state index in [1.165, 1.54) is 6.08 Å². The summed E-state index contributed by atoms with van der Waals surface area (Å²) in [7, 11) is 0. The maximum atomic E-state index is 12.9. The molecule has 0 heterocycles. The Morgan fingerprint density at radius 2 is 2.20 bits per heavy atom. The smallest absolute Gasteiger partial charge is 0.107 e. The van der Waals surface area contributed by atoms with Crippen LogP contribution in [0.3, 0.4) is 0 Å². The van der Waals surface area contributed by atoms with E-state index in [2.05, 4.69) is 0 Å². The standard InChI is InChI=1S/C9H11F/c1-2-8-6-4-3-5-7-9(8)10/h3-8H,2H2,1H3. The first-order chi connectivity index (χ1) is 4.84. The second-order valence-electron chi connectivity index (χ2n) is 2.34. The summed E-state index contributed by atoms with van der Waals surface area (Å²) in [5, 5.41) is 0. The first kappa shape index (κ1) is 7.26. The summed E-state index contributed by atoms with van der Waals surface area (Å²) >= 11 is 0. The van der Waals surface area contributed by atoms with Crippen LogP contribution in [0.25, 0.3) is 0 Å². The summed E-state index contributed by atoms with van der Waals surface area (Å²) in [4.78, 5) is 0. The summed E-state index contributed by atoms with van der Waals surface area (Å²) < 4.78 is 12.9. The fraction of sp³-hybridized carbons (Fsp3) is 0.333. The Labute approximate surface area is 60.7 Å². The van der Waals surface area contributed by atoms with Gasteiger partial charge in [0.25, 0.3) is 0 Å². The zero-order valence-electron chi connectivity index (χ0n) is 6.05. The highest BCUT2D eigenvalue weighted by atomic mass is 19.1. The lowest BCUT2D eigenvalue weighted by Gasteiger charge is -2.03. The monoisotopic (exact) mass is 138 g/mol. The Morgan fingerprint density at radius 3 is 2.90 bits per heavy atom. The molecule has 0 aliphatic heterocycles. The average molecular weight is 138 g/mol. The van der Waals surface area contributed by atoms with E-state index in [4.69, 9.17) is 0 Å². The molecule has 0 saturated carbocycles. The zero-order chi connectivity index (χ0) is 7.40. The molecule has 1 heteroatoms. The van der Waals surface area contributed by atoms with Crippen LogP contribution >= 0.6 is 0 Å². The van der Waals surface area contributed by atoms with Gasteiger partial charge < -0.3 is 0 Å². The molecule has 0 bridgehead atoms. The zero-order valence-corrected chi connectivity index (χ0v) is 6.05. The van der Waals surface area contributed by atoms with Gasteiger partial charge in [-0.2, -0.15) is 0 Å². The Hall–Kier alpha value is -0.850. The Kier molecular flexibility index (Phi) is 2.43. The molecule has 0 fully saturated rings. The Bertz CT molecular complexity index is 187. The van der Waals surface area contributed by atoms with Crippen LogP contribution < -0.4 is 0 Å². The predicted molar refractivity (Wildman–Crippen MR) is 41.3 cm³/mol. The van der Waals surface area contributed by atoms with E-state index < -0.39 is 0 Å². The van der Waals surface area contributed by atoms with Crippen molar-refractivity contribution in [3.8, 4) is 0 Å². The van der Waals surface area contributed by atoms with Gasteiger partial charge in [0.15, 0.2) is 0 Å². The molecule has 0 aromatic rings. The van der Waals surface area contributed by atoms with E-state index in [0.29, 0.717) is 0 Å². The number of halogens is 1. The minimum Gasteiger partial charge on any atom is -0.211 e. The summed E-state index contributed by atoms with van der Waals surface area (Å²) in [6.07, 6.45) is 9.69. The second kappa shape index (κ2) is 3.35. The lowest BCUT2D eigenvalue weighted by Crippen LogP contribution is -1.92. The van der Waals surface area contributed by atoms with Gasteiger partial charge in [0, 0.05) is 5.92 Å². The molecule has 0 amide bonds. The molecule has 0 N–H and O–H groups in total. The van der Waals surface area contributed by atoms with Crippen LogP contribution in [-0.4, -0.2) is 0 Å². The van der Waals surface area contributed by atoms with Crippen LogP contribution in [0.15, 0.2) is 36.2 Å². The van der Waals surface area contributed by atoms with Gasteiger partial charge in [-0.1, -0.05) is 31.2 Å². The summed E-state index contributed by atoms with van der Waals surface area (Å²) in [6, 6.07) is 0. The van der Waals surface area contributed by atoms with Crippen molar-refractivity contribution in [3.05, 3.63) is 36.2 Å². The van der Waals surface area contributed by atoms with Gasteiger partial charge in [-0.25, -0.2) is 4.39 Å². The molecule has 0 radical (unpaired) electrons. The maximum Gasteiger partial charge on any atom is 0.107 e. The Balaban J connectivity index is 2.75. The number of rotatable bonds is 1. The topological polar surface area (TPSA) is 0 Å². The van der Waals surface area contributed by atoms with Gasteiger partial charge >= 0.3 is 0 Å². The highest BCUT2D eigenvalue weighted by Gasteiger charge is 2.07. The van der Waals surface area contributed by atoms with Crippen LogP contribution in [-0.2, 0) is 0 Å². The molecule has 10 heavy (non-hydrogen) atoms. The van der Waals surface area contributed by atoms with Crippen molar-refractivity contribution in [2.45, 2.75) is 13.3 Å². The Morgan fingerprint density at radius 1 is 1.40 bits per heavy atom. The van der Waals surface area contributed by atoms with E-state index in [9.17, 15) is 4.39 Å². The highest BCUT2D eigenvalue weighted by molar-refractivity contribution is 5.22. The molecule has 1 atom stereocenters. The lowest BCUT2D eigenvalue weighted by atomic mass is 10.1. The number of hydrogen-bond donors (Lipinski definition) is 0. The fourth-order valence-corrected chi connectivity index (χ4v) is 0.957. The van der Waals surface area contributed by atoms with E-state index in [1.807, 2.05) is 25.2 Å². The van der Waals surface area contributed by atoms with E-state index in [1.54, 1.807) is 6.08 Å². The van der Waals surface area contributed by atoms with Gasteiger partial charge in [0.2, 0.25) is 0 Å². The molecule has 1 unspecified atom stereocenters. The van der Waals surface area contributed by atoms with Crippen LogP contribution in [0.1, 0.15) is 13.3 Å². The third kappa shape index (κ3) is 1.56. The van der Waals surface area contributed by atoms with Crippen molar-refractivity contribution < 1.29 is 4.39 Å². The first-order valence-corrected chi connectivity index (χ1v) is 3.55. The molecule has 1 rings (SSSR count). The van der Waals surface area contributed by atoms with E-state index in [-0.39, 0.29) is 11.7 Å². The summed E-state index contributed by atoms with van der Waals surface area (Å²) in [5.41, 5.74) is 0. The van der Waals surface area contributed by atoms with Crippen molar-refractivity contribution in [1.82, 2.24) is 0 Å². The van der Waals surface area contributed by atoms with Gasteiger partial charge in [-0.3, -0.25) is 0 Å². The van der Waals surface area contributed by atoms with Crippen molar-refractivity contribution >= 4 is 0 Å². The van der Waals surface area contributed by atoms with Crippen molar-refractivity contribution in [1.29, 1.82) is 0 Å². The van der Waals surface area contributed by atoms with Crippen LogP contribution in [0.2, 0.25) is 0 Å². The fourth-order valence-electron chi connectivity index (χ4n) is 0.957. The molecule has 1 aliphatic carbocycles. The predicted octanol–water partition coefficient (Wildman–Crippen LogP) is 2.99. The quantitative estimate of drug-likeness (QED) is 0.522. The van der Waals surface area contributed by atoms with Crippen LogP contribution in [0.4, 0.5) is 4.39 Å². The SMILES string of the molecule is CCC1C=CC=CC=C1F. The van der Waals surface area contributed by atoms with Gasteiger partial charge in [0.05, 0.1) is 0 Å². The van der Waals surface area contributed by atoms with Crippen molar-refractivity contribution in [2.75, 3.05) is 0 Å². The van der Waals surface area contributed by atoms with E-state index >= 15 is 0 Å². The van der Waals surface area contributed by atoms with Crippen molar-refractivity contribution in [3.63, 3.8) is 0 Å². The minimum absolute atomic E-state index is 0.00463. The van der Waals surface area contributed by atoms with Gasteiger partial charge in [-0.05, 0) is 12.5 Å². The number of allylic oxidation sites excluding steroid dienone is 6. The highest BCUT2D eigenvalue weighted by Crippen LogP contribution is 2.19. The van der Waals surface area contributed by atoms with Crippen LogP contribution in [0, 0.1) is 5.92 Å². The maximum absolute atomic E-state index is 12.9. The normalized spacial score (nSPS) is 24.2. The molecular weight excluding hydrogens is 127 g/mol. The average Bonchev–Trinajstić information content (AvgIpc) is 2.13. The van der Waals surface area contributed by atoms with Crippen molar-refractivity contribution in [2.24, 2.45) is 5.92 Å². The molecule has 0 saturated heterocycles. The molecule has 54 valence electrons. The second-order valence-corrected chi connectivity index (χ2v) is 2.34. The summed E-state index contributed by atoms with van der Waals surface area (Å²) in [5.74, 6) is -0.0394. The molecule has 0 aromatic carbocycles. The lowest BCUT2D eigenvalue weighted by molar-refractivity contribution is 0.516. The third-order valence-corrected chi connectivity index (χ3v) is 1.62. The van der Waals surface area contributed by atoms with E-state index in [0.717, 1.165) is 6.42 Å². The largest absolute Gasteiger partial charge is 0.211 e. The number of hydrogen-bond acceptors (Lipinski definition) is 0. The molecule has 1 aliphatic rings. The molecule has 0 nitrogen and oxygen atoms in total.